The van der Waals surface area contributed by atoms with Crippen molar-refractivity contribution in [2.45, 2.75) is 77.5 Å². The van der Waals surface area contributed by atoms with Crippen LogP contribution in [0.15, 0.2) is 0 Å². The predicted octanol–water partition coefficient (Wildman–Crippen LogP) is 3.23. The van der Waals surface area contributed by atoms with E-state index in [0.29, 0.717) is 0 Å². The zero-order valence-electron chi connectivity index (χ0n) is 13.4. The number of hydrogen-bond acceptors (Lipinski definition) is 4. The highest BCUT2D eigenvalue weighted by molar-refractivity contribution is 5.30. The van der Waals surface area contributed by atoms with Gasteiger partial charge in [0.25, 0.3) is 0 Å². The maximum Gasteiger partial charge on any atom is 0.160 e. The second-order valence-corrected chi connectivity index (χ2v) is 6.22. The first-order chi connectivity index (χ1) is 10.3. The first-order valence-corrected chi connectivity index (χ1v) is 8.53. The SMILES string of the molecule is CCOC1(c2nc(CC)c3c(n2)CNC3)CCCCCC1. The van der Waals surface area contributed by atoms with Crippen LogP contribution >= 0.6 is 0 Å². The van der Waals surface area contributed by atoms with Crippen molar-refractivity contribution in [1.82, 2.24) is 15.3 Å². The van der Waals surface area contributed by atoms with Crippen LogP contribution in [0.2, 0.25) is 0 Å². The number of aryl methyl sites for hydroxylation is 1. The molecule has 1 aliphatic carbocycles. The number of aromatic nitrogens is 2. The van der Waals surface area contributed by atoms with Crippen LogP contribution in [0, 0.1) is 0 Å². The molecule has 1 aliphatic heterocycles. The highest BCUT2D eigenvalue weighted by Gasteiger charge is 2.37. The van der Waals surface area contributed by atoms with Crippen LogP contribution in [0.3, 0.4) is 0 Å². The first-order valence-electron chi connectivity index (χ1n) is 8.53. The first kappa shape index (κ1) is 14.9. The third-order valence-electron chi connectivity index (χ3n) is 4.85. The molecule has 21 heavy (non-hydrogen) atoms. The van der Waals surface area contributed by atoms with Crippen molar-refractivity contribution in [3.8, 4) is 0 Å². The topological polar surface area (TPSA) is 47.0 Å². The monoisotopic (exact) mass is 289 g/mol. The van der Waals surface area contributed by atoms with Crippen molar-refractivity contribution in [2.75, 3.05) is 6.61 Å². The summed E-state index contributed by atoms with van der Waals surface area (Å²) in [6.45, 7) is 6.80. The van der Waals surface area contributed by atoms with Crippen LogP contribution in [0.4, 0.5) is 0 Å². The zero-order valence-corrected chi connectivity index (χ0v) is 13.4. The van der Waals surface area contributed by atoms with E-state index in [4.69, 9.17) is 14.7 Å². The van der Waals surface area contributed by atoms with Gasteiger partial charge in [-0.05, 0) is 26.2 Å². The number of hydrogen-bond donors (Lipinski definition) is 1. The zero-order chi connectivity index (χ0) is 14.7. The van der Waals surface area contributed by atoms with Gasteiger partial charge in [-0.2, -0.15) is 0 Å². The normalized spacial score (nSPS) is 21.0. The fourth-order valence-electron chi connectivity index (χ4n) is 3.74. The van der Waals surface area contributed by atoms with Gasteiger partial charge in [-0.15, -0.1) is 0 Å². The quantitative estimate of drug-likeness (QED) is 0.865. The Balaban J connectivity index is 2.02. The van der Waals surface area contributed by atoms with Crippen LogP contribution in [0.1, 0.15) is 75.1 Å². The molecule has 0 spiro atoms. The fraction of sp³-hybridized carbons (Fsp3) is 0.765. The Morgan fingerprint density at radius 1 is 1.05 bits per heavy atom. The molecule has 0 radical (unpaired) electrons. The van der Waals surface area contributed by atoms with Gasteiger partial charge >= 0.3 is 0 Å². The molecule has 1 aromatic rings. The summed E-state index contributed by atoms with van der Waals surface area (Å²) in [5.74, 6) is 0.950. The lowest BCUT2D eigenvalue weighted by Gasteiger charge is -2.31. The Bertz CT molecular complexity index is 493. The highest BCUT2D eigenvalue weighted by Crippen LogP contribution is 2.38. The molecule has 2 aliphatic rings. The van der Waals surface area contributed by atoms with E-state index >= 15 is 0 Å². The fourth-order valence-corrected chi connectivity index (χ4v) is 3.74. The molecule has 0 aromatic carbocycles. The summed E-state index contributed by atoms with van der Waals surface area (Å²) in [6.07, 6.45) is 8.17. The molecule has 0 atom stereocenters. The smallest absolute Gasteiger partial charge is 0.160 e. The molecule has 1 saturated carbocycles. The number of nitrogens with one attached hydrogen (secondary N) is 1. The lowest BCUT2D eigenvalue weighted by atomic mass is 9.92. The number of ether oxygens (including phenoxy) is 1. The summed E-state index contributed by atoms with van der Waals surface area (Å²) in [6, 6.07) is 0. The minimum Gasteiger partial charge on any atom is -0.367 e. The van der Waals surface area contributed by atoms with Crippen molar-refractivity contribution in [1.29, 1.82) is 0 Å². The molecule has 1 aromatic heterocycles. The highest BCUT2D eigenvalue weighted by atomic mass is 16.5. The third kappa shape index (κ3) is 2.84. The van der Waals surface area contributed by atoms with Gasteiger partial charge < -0.3 is 10.1 Å². The molecule has 0 unspecified atom stereocenters. The average molecular weight is 289 g/mol. The minimum atomic E-state index is -0.243. The Morgan fingerprint density at radius 2 is 1.81 bits per heavy atom. The second kappa shape index (κ2) is 6.41. The molecule has 116 valence electrons. The summed E-state index contributed by atoms with van der Waals surface area (Å²) in [5.41, 5.74) is 3.48. The van der Waals surface area contributed by atoms with Crippen LogP contribution in [-0.2, 0) is 29.8 Å². The maximum absolute atomic E-state index is 6.25. The number of nitrogens with zero attached hydrogens (tertiary/aromatic N) is 2. The molecule has 1 fully saturated rings. The lowest BCUT2D eigenvalue weighted by molar-refractivity contribution is -0.0627. The summed E-state index contributed by atoms with van der Waals surface area (Å²) in [5, 5.41) is 3.41. The Morgan fingerprint density at radius 3 is 2.48 bits per heavy atom. The molecule has 0 bridgehead atoms. The van der Waals surface area contributed by atoms with Crippen molar-refractivity contribution >= 4 is 0 Å². The van der Waals surface area contributed by atoms with E-state index < -0.39 is 0 Å². The molecule has 4 nitrogen and oxygen atoms in total. The molecule has 1 N–H and O–H groups in total. The Kier molecular flexibility index (Phi) is 4.55. The van der Waals surface area contributed by atoms with Crippen LogP contribution in [0.5, 0.6) is 0 Å². The van der Waals surface area contributed by atoms with E-state index in [2.05, 4.69) is 19.2 Å². The van der Waals surface area contributed by atoms with Gasteiger partial charge in [-0.3, -0.25) is 0 Å². The van der Waals surface area contributed by atoms with E-state index in [1.54, 1.807) is 0 Å². The van der Waals surface area contributed by atoms with Gasteiger partial charge in [-0.1, -0.05) is 32.6 Å². The Hall–Kier alpha value is -1.00. The van der Waals surface area contributed by atoms with E-state index in [1.165, 1.54) is 42.6 Å². The van der Waals surface area contributed by atoms with Gasteiger partial charge in [0.2, 0.25) is 0 Å². The Labute approximate surface area is 127 Å². The van der Waals surface area contributed by atoms with Crippen molar-refractivity contribution in [3.63, 3.8) is 0 Å². The van der Waals surface area contributed by atoms with Gasteiger partial charge in [0.05, 0.1) is 5.69 Å². The number of fused-ring (bicyclic) bond motifs is 1. The van der Waals surface area contributed by atoms with E-state index in [9.17, 15) is 0 Å². The summed E-state index contributed by atoms with van der Waals surface area (Å²) < 4.78 is 6.25. The largest absolute Gasteiger partial charge is 0.367 e. The predicted molar refractivity (Wildman–Crippen MR) is 83.0 cm³/mol. The van der Waals surface area contributed by atoms with E-state index in [0.717, 1.165) is 44.8 Å². The van der Waals surface area contributed by atoms with Crippen molar-refractivity contribution in [2.24, 2.45) is 0 Å². The maximum atomic E-state index is 6.25. The minimum absolute atomic E-state index is 0.243. The van der Waals surface area contributed by atoms with Gasteiger partial charge in [-0.25, -0.2) is 9.97 Å². The van der Waals surface area contributed by atoms with Crippen molar-refractivity contribution in [3.05, 3.63) is 22.8 Å². The van der Waals surface area contributed by atoms with Gasteiger partial charge in [0.15, 0.2) is 5.82 Å². The summed E-state index contributed by atoms with van der Waals surface area (Å²) >= 11 is 0. The van der Waals surface area contributed by atoms with Crippen molar-refractivity contribution < 1.29 is 4.74 Å². The number of rotatable bonds is 4. The lowest BCUT2D eigenvalue weighted by Crippen LogP contribution is -2.32. The van der Waals surface area contributed by atoms with Gasteiger partial charge in [0.1, 0.15) is 5.60 Å². The van der Waals surface area contributed by atoms with E-state index in [-0.39, 0.29) is 5.60 Å². The third-order valence-corrected chi connectivity index (χ3v) is 4.85. The molecule has 4 heteroatoms. The van der Waals surface area contributed by atoms with Crippen LogP contribution < -0.4 is 5.32 Å². The molecule has 0 saturated heterocycles. The molecule has 2 heterocycles. The molecule has 3 rings (SSSR count). The summed E-state index contributed by atoms with van der Waals surface area (Å²) in [4.78, 5) is 9.86. The molecular formula is C17H27N3O. The summed E-state index contributed by atoms with van der Waals surface area (Å²) in [7, 11) is 0. The standard InChI is InChI=1S/C17H27N3O/c1-3-14-13-11-18-12-15(13)20-16(19-14)17(21-4-2)9-7-5-6-8-10-17/h18H,3-12H2,1-2H3. The van der Waals surface area contributed by atoms with Crippen LogP contribution in [-0.4, -0.2) is 16.6 Å². The van der Waals surface area contributed by atoms with Crippen LogP contribution in [0.25, 0.3) is 0 Å². The molecular weight excluding hydrogens is 262 g/mol. The molecule has 0 amide bonds. The second-order valence-electron chi connectivity index (χ2n) is 6.22. The van der Waals surface area contributed by atoms with Gasteiger partial charge in [0, 0.05) is 31.0 Å². The van der Waals surface area contributed by atoms with E-state index in [1.807, 2.05) is 0 Å². The average Bonchev–Trinajstić information content (AvgIpc) is 2.85.